The van der Waals surface area contributed by atoms with Gasteiger partial charge in [0, 0.05) is 19.7 Å². The predicted molar refractivity (Wildman–Crippen MR) is 78.8 cm³/mol. The van der Waals surface area contributed by atoms with Crippen LogP contribution >= 0.6 is 0 Å². The Labute approximate surface area is 125 Å². The van der Waals surface area contributed by atoms with Gasteiger partial charge in [-0.05, 0) is 42.5 Å². The van der Waals surface area contributed by atoms with Crippen LogP contribution in [0.2, 0.25) is 0 Å². The zero-order valence-electron chi connectivity index (χ0n) is 12.6. The van der Waals surface area contributed by atoms with E-state index in [0.29, 0.717) is 12.2 Å². The Balaban J connectivity index is 2.17. The van der Waals surface area contributed by atoms with Crippen molar-refractivity contribution in [3.63, 3.8) is 0 Å². The third-order valence-corrected chi connectivity index (χ3v) is 5.01. The number of benzene rings is 1. The van der Waals surface area contributed by atoms with E-state index in [1.807, 2.05) is 12.1 Å². The second-order valence-corrected chi connectivity index (χ2v) is 5.80. The lowest BCUT2D eigenvalue weighted by atomic mass is 9.76. The smallest absolute Gasteiger partial charge is 0.161 e. The molecule has 0 amide bonds. The van der Waals surface area contributed by atoms with Crippen molar-refractivity contribution in [1.29, 1.82) is 0 Å². The summed E-state index contributed by atoms with van der Waals surface area (Å²) in [5.41, 5.74) is 1.77. The van der Waals surface area contributed by atoms with Crippen molar-refractivity contribution < 1.29 is 19.7 Å². The van der Waals surface area contributed by atoms with Gasteiger partial charge in [-0.3, -0.25) is 4.90 Å². The van der Waals surface area contributed by atoms with Gasteiger partial charge in [-0.1, -0.05) is 0 Å². The van der Waals surface area contributed by atoms with Crippen molar-refractivity contribution in [2.75, 3.05) is 33.9 Å². The molecule has 0 saturated carbocycles. The molecule has 3 rings (SSSR count). The summed E-state index contributed by atoms with van der Waals surface area (Å²) in [4.78, 5) is 2.31. The average Bonchev–Trinajstić information content (AvgIpc) is 2.83. The van der Waals surface area contributed by atoms with Gasteiger partial charge in [0.2, 0.25) is 0 Å². The van der Waals surface area contributed by atoms with Crippen LogP contribution < -0.4 is 9.47 Å². The van der Waals surface area contributed by atoms with Crippen molar-refractivity contribution in [2.24, 2.45) is 0 Å². The van der Waals surface area contributed by atoms with Crippen LogP contribution in [0.5, 0.6) is 11.5 Å². The van der Waals surface area contributed by atoms with Gasteiger partial charge in [0.15, 0.2) is 11.5 Å². The highest BCUT2D eigenvalue weighted by atomic mass is 16.5. The van der Waals surface area contributed by atoms with E-state index in [1.165, 1.54) is 5.56 Å². The summed E-state index contributed by atoms with van der Waals surface area (Å²) in [6, 6.07) is 3.99. The maximum atomic E-state index is 10.6. The summed E-state index contributed by atoms with van der Waals surface area (Å²) in [5, 5.41) is 20.2. The fourth-order valence-corrected chi connectivity index (χ4v) is 4.00. The molecular formula is C16H23NO4. The lowest BCUT2D eigenvalue weighted by molar-refractivity contribution is -0.00173. The van der Waals surface area contributed by atoms with Crippen molar-refractivity contribution in [2.45, 2.75) is 30.9 Å². The van der Waals surface area contributed by atoms with Gasteiger partial charge in [-0.2, -0.15) is 0 Å². The van der Waals surface area contributed by atoms with Crippen molar-refractivity contribution >= 4 is 0 Å². The standard InChI is InChI=1S/C16H23NO4/c1-20-13-9-11-3-6-17-7-4-15(19)16(17,5-8-18)12(11)10-14(13)21-2/h9-10,15,18-19H,3-8H2,1-2H3/t15-,16+/m0/s1. The van der Waals surface area contributed by atoms with Gasteiger partial charge in [0.1, 0.15) is 0 Å². The summed E-state index contributed by atoms with van der Waals surface area (Å²) < 4.78 is 10.8. The Morgan fingerprint density at radius 2 is 1.95 bits per heavy atom. The molecule has 5 nitrogen and oxygen atoms in total. The molecule has 2 atom stereocenters. The Hall–Kier alpha value is -1.30. The van der Waals surface area contributed by atoms with E-state index in [-0.39, 0.29) is 6.61 Å². The first-order valence-corrected chi connectivity index (χ1v) is 7.46. The molecule has 0 bridgehead atoms. The van der Waals surface area contributed by atoms with Gasteiger partial charge in [-0.15, -0.1) is 0 Å². The molecule has 0 radical (unpaired) electrons. The first kappa shape index (κ1) is 14.6. The minimum Gasteiger partial charge on any atom is -0.493 e. The molecule has 2 N–H and O–H groups in total. The van der Waals surface area contributed by atoms with Crippen molar-refractivity contribution in [3.8, 4) is 11.5 Å². The Morgan fingerprint density at radius 3 is 2.62 bits per heavy atom. The Kier molecular flexibility index (Phi) is 3.82. The molecule has 21 heavy (non-hydrogen) atoms. The highest BCUT2D eigenvalue weighted by Gasteiger charge is 2.51. The van der Waals surface area contributed by atoms with E-state index in [0.717, 1.165) is 37.2 Å². The number of nitrogens with zero attached hydrogens (tertiary/aromatic N) is 1. The second kappa shape index (κ2) is 5.48. The topological polar surface area (TPSA) is 62.2 Å². The molecule has 5 heteroatoms. The van der Waals surface area contributed by atoms with E-state index < -0.39 is 11.6 Å². The van der Waals surface area contributed by atoms with Gasteiger partial charge < -0.3 is 19.7 Å². The second-order valence-electron chi connectivity index (χ2n) is 5.80. The zero-order valence-corrected chi connectivity index (χ0v) is 12.6. The average molecular weight is 293 g/mol. The quantitative estimate of drug-likeness (QED) is 0.864. The van der Waals surface area contributed by atoms with Gasteiger partial charge in [0.25, 0.3) is 0 Å². The normalized spacial score (nSPS) is 28.1. The molecule has 0 unspecified atom stereocenters. The number of rotatable bonds is 4. The largest absolute Gasteiger partial charge is 0.493 e. The van der Waals surface area contributed by atoms with Crippen LogP contribution in [0.3, 0.4) is 0 Å². The molecule has 1 saturated heterocycles. The Morgan fingerprint density at radius 1 is 1.24 bits per heavy atom. The van der Waals surface area contributed by atoms with E-state index in [2.05, 4.69) is 4.90 Å². The fraction of sp³-hybridized carbons (Fsp3) is 0.625. The molecule has 1 aromatic rings. The number of fused-ring (bicyclic) bond motifs is 3. The minimum atomic E-state index is -0.484. The Bertz CT molecular complexity index is 533. The summed E-state index contributed by atoms with van der Waals surface area (Å²) >= 11 is 0. The third-order valence-electron chi connectivity index (χ3n) is 5.01. The van der Waals surface area contributed by atoms with Crippen LogP contribution in [0.15, 0.2) is 12.1 Å². The molecular weight excluding hydrogens is 270 g/mol. The van der Waals surface area contributed by atoms with E-state index in [1.54, 1.807) is 14.2 Å². The SMILES string of the molecule is COc1cc2c(cc1OC)[C@]1(CCO)[C@@H](O)CCN1CC2. The third kappa shape index (κ3) is 2.03. The molecule has 0 spiro atoms. The maximum Gasteiger partial charge on any atom is 0.161 e. The number of hydrogen-bond acceptors (Lipinski definition) is 5. The van der Waals surface area contributed by atoms with Crippen LogP contribution in [0, 0.1) is 0 Å². The molecule has 1 aromatic carbocycles. The van der Waals surface area contributed by atoms with Crippen LogP contribution in [0.4, 0.5) is 0 Å². The maximum absolute atomic E-state index is 10.6. The van der Waals surface area contributed by atoms with Crippen molar-refractivity contribution in [3.05, 3.63) is 23.3 Å². The zero-order chi connectivity index (χ0) is 15.0. The first-order valence-electron chi connectivity index (χ1n) is 7.46. The van der Waals surface area contributed by atoms with Gasteiger partial charge in [-0.25, -0.2) is 0 Å². The molecule has 116 valence electrons. The lowest BCUT2D eigenvalue weighted by Gasteiger charge is -2.45. The lowest BCUT2D eigenvalue weighted by Crippen LogP contribution is -2.52. The summed E-state index contributed by atoms with van der Waals surface area (Å²) in [6.45, 7) is 1.83. The number of hydrogen-bond donors (Lipinski definition) is 2. The minimum absolute atomic E-state index is 0.0569. The molecule has 0 aliphatic carbocycles. The monoisotopic (exact) mass is 293 g/mol. The molecule has 2 aliphatic rings. The van der Waals surface area contributed by atoms with Crippen LogP contribution in [-0.2, 0) is 12.0 Å². The fourth-order valence-electron chi connectivity index (χ4n) is 4.00. The van der Waals surface area contributed by atoms with Gasteiger partial charge >= 0.3 is 0 Å². The highest BCUT2D eigenvalue weighted by Crippen LogP contribution is 2.48. The van der Waals surface area contributed by atoms with E-state index >= 15 is 0 Å². The summed E-state index contributed by atoms with van der Waals surface area (Å²) in [6.07, 6.45) is 1.75. The summed E-state index contributed by atoms with van der Waals surface area (Å²) in [5.74, 6) is 1.39. The van der Waals surface area contributed by atoms with Gasteiger partial charge in [0.05, 0.1) is 25.9 Å². The predicted octanol–water partition coefficient (Wildman–Crippen LogP) is 0.904. The molecule has 0 aromatic heterocycles. The van der Waals surface area contributed by atoms with Crippen LogP contribution in [-0.4, -0.2) is 55.1 Å². The molecule has 1 fully saturated rings. The number of aliphatic hydroxyl groups is 2. The highest BCUT2D eigenvalue weighted by molar-refractivity contribution is 5.52. The van der Waals surface area contributed by atoms with Crippen molar-refractivity contribution in [1.82, 2.24) is 4.90 Å². The summed E-state index contributed by atoms with van der Waals surface area (Å²) in [7, 11) is 3.25. The number of aliphatic hydroxyl groups excluding tert-OH is 2. The van der Waals surface area contributed by atoms with E-state index in [4.69, 9.17) is 9.47 Å². The van der Waals surface area contributed by atoms with Crippen LogP contribution in [0.25, 0.3) is 0 Å². The van der Waals surface area contributed by atoms with E-state index in [9.17, 15) is 10.2 Å². The first-order chi connectivity index (χ1) is 10.2. The number of methoxy groups -OCH3 is 2. The molecule has 2 aliphatic heterocycles. The van der Waals surface area contributed by atoms with Crippen LogP contribution in [0.1, 0.15) is 24.0 Å². The number of ether oxygens (including phenoxy) is 2. The molecule has 2 heterocycles.